The molecule has 0 unspecified atom stereocenters. The number of hydroxylamine groups is 1. The van der Waals surface area contributed by atoms with E-state index in [1.54, 1.807) is 29.9 Å². The third-order valence-corrected chi connectivity index (χ3v) is 5.02. The monoisotopic (exact) mass is 430 g/mol. The summed E-state index contributed by atoms with van der Waals surface area (Å²) in [6.45, 7) is 1.14. The molecular weight excluding hydrogens is 408 g/mol. The van der Waals surface area contributed by atoms with Crippen LogP contribution in [0.1, 0.15) is 15.9 Å². The van der Waals surface area contributed by atoms with Gasteiger partial charge in [0.05, 0.1) is 6.54 Å². The summed E-state index contributed by atoms with van der Waals surface area (Å²) < 4.78 is 13.1. The first-order valence-corrected chi connectivity index (χ1v) is 10.1. The number of pyridine rings is 1. The van der Waals surface area contributed by atoms with Crippen LogP contribution in [0.25, 0.3) is 10.8 Å². The third kappa shape index (κ3) is 4.96. The number of carbonyl (C=O) groups excluding carboxylic acids is 1. The van der Waals surface area contributed by atoms with Gasteiger partial charge in [0.15, 0.2) is 0 Å². The molecule has 0 spiro atoms. The summed E-state index contributed by atoms with van der Waals surface area (Å²) in [5, 5.41) is 9.91. The topological polar surface area (TPSA) is 89.8 Å². The Kier molecular flexibility index (Phi) is 6.48. The Labute approximate surface area is 184 Å². The minimum atomic E-state index is -0.666. The Bertz CT molecular complexity index is 1270. The molecule has 0 fully saturated rings. The summed E-state index contributed by atoms with van der Waals surface area (Å²) in [4.78, 5) is 24.4. The second-order valence-electron chi connectivity index (χ2n) is 7.15. The second kappa shape index (κ2) is 9.80. The van der Waals surface area contributed by atoms with E-state index in [-0.39, 0.29) is 11.1 Å². The zero-order valence-electron chi connectivity index (χ0n) is 17.2. The summed E-state index contributed by atoms with van der Waals surface area (Å²) in [5.41, 5.74) is 2.65. The number of nitrogens with one attached hydrogen (secondary N) is 1. The van der Waals surface area contributed by atoms with E-state index in [1.807, 2.05) is 54.6 Å². The second-order valence-corrected chi connectivity index (χ2v) is 7.15. The first-order chi connectivity index (χ1) is 15.6. The molecule has 1 amide bonds. The highest BCUT2D eigenvalue weighted by Crippen LogP contribution is 2.19. The molecule has 0 saturated carbocycles. The summed E-state index contributed by atoms with van der Waals surface area (Å²) in [6.07, 6.45) is 1.69. The van der Waals surface area contributed by atoms with Gasteiger partial charge in [0.25, 0.3) is 11.5 Å². The fraction of sp³-hybridized carbons (Fsp3) is 0.120. The predicted octanol–water partition coefficient (Wildman–Crippen LogP) is 3.78. The molecule has 162 valence electrons. The number of fused-ring (bicyclic) bond motifs is 1. The highest BCUT2D eigenvalue weighted by Gasteiger charge is 2.09. The largest absolute Gasteiger partial charge is 0.492 e. The molecule has 0 radical (unpaired) electrons. The Balaban J connectivity index is 1.36. The van der Waals surface area contributed by atoms with Crippen molar-refractivity contribution in [3.05, 3.63) is 107 Å². The molecule has 1 aromatic heterocycles. The van der Waals surface area contributed by atoms with Gasteiger partial charge in [-0.1, -0.05) is 36.4 Å². The molecule has 32 heavy (non-hydrogen) atoms. The van der Waals surface area contributed by atoms with E-state index in [9.17, 15) is 9.59 Å². The normalized spacial score (nSPS) is 10.7. The summed E-state index contributed by atoms with van der Waals surface area (Å²) in [7, 11) is 0. The number of hydrogen-bond acceptors (Lipinski definition) is 5. The average Bonchev–Trinajstić information content (AvgIpc) is 2.85. The smallest absolute Gasteiger partial charge is 0.274 e. The maximum Gasteiger partial charge on any atom is 0.274 e. The van der Waals surface area contributed by atoms with Crippen molar-refractivity contribution >= 4 is 16.7 Å². The van der Waals surface area contributed by atoms with Crippen LogP contribution < -0.4 is 20.5 Å². The SMILES string of the molecule is O=C(NO)c1ccc2ccn(CCOc3ccc(OCc4ccccc4)cc3)c(=O)c2c1. The Hall–Kier alpha value is -4.10. The lowest BCUT2D eigenvalue weighted by molar-refractivity contribution is 0.0706. The Morgan fingerprint density at radius 2 is 1.62 bits per heavy atom. The van der Waals surface area contributed by atoms with Gasteiger partial charge in [0.2, 0.25) is 0 Å². The van der Waals surface area contributed by atoms with Crippen molar-refractivity contribution in [2.24, 2.45) is 0 Å². The molecule has 0 bridgehead atoms. The van der Waals surface area contributed by atoms with Crippen molar-refractivity contribution in [1.29, 1.82) is 0 Å². The quantitative estimate of drug-likeness (QED) is 0.328. The van der Waals surface area contributed by atoms with Gasteiger partial charge in [-0.05, 0) is 53.4 Å². The van der Waals surface area contributed by atoms with Gasteiger partial charge in [-0.2, -0.15) is 0 Å². The van der Waals surface area contributed by atoms with Gasteiger partial charge >= 0.3 is 0 Å². The zero-order valence-corrected chi connectivity index (χ0v) is 17.2. The molecule has 0 saturated heterocycles. The van der Waals surface area contributed by atoms with Crippen molar-refractivity contribution in [3.8, 4) is 11.5 Å². The van der Waals surface area contributed by atoms with E-state index in [1.165, 1.54) is 10.6 Å². The fourth-order valence-corrected chi connectivity index (χ4v) is 3.30. The van der Waals surface area contributed by atoms with Crippen LogP contribution >= 0.6 is 0 Å². The fourth-order valence-electron chi connectivity index (χ4n) is 3.30. The van der Waals surface area contributed by atoms with Crippen molar-refractivity contribution in [2.45, 2.75) is 13.2 Å². The van der Waals surface area contributed by atoms with Crippen molar-refractivity contribution < 1.29 is 19.5 Å². The number of amides is 1. The van der Waals surface area contributed by atoms with Crippen molar-refractivity contribution in [1.82, 2.24) is 10.0 Å². The van der Waals surface area contributed by atoms with Gasteiger partial charge in [-0.15, -0.1) is 0 Å². The molecule has 4 aromatic rings. The minimum Gasteiger partial charge on any atom is -0.492 e. The summed E-state index contributed by atoms with van der Waals surface area (Å²) >= 11 is 0. The lowest BCUT2D eigenvalue weighted by Gasteiger charge is -2.11. The molecule has 3 aromatic carbocycles. The zero-order chi connectivity index (χ0) is 22.3. The van der Waals surface area contributed by atoms with Crippen LogP contribution in [-0.4, -0.2) is 22.3 Å². The molecule has 7 nitrogen and oxygen atoms in total. The van der Waals surface area contributed by atoms with E-state index in [0.29, 0.717) is 36.3 Å². The highest BCUT2D eigenvalue weighted by molar-refractivity contribution is 5.97. The number of hydrogen-bond donors (Lipinski definition) is 2. The predicted molar refractivity (Wildman–Crippen MR) is 120 cm³/mol. The van der Waals surface area contributed by atoms with E-state index in [0.717, 1.165) is 11.3 Å². The number of benzene rings is 3. The van der Waals surface area contributed by atoms with Gasteiger partial charge in [0, 0.05) is 17.1 Å². The summed E-state index contributed by atoms with van der Waals surface area (Å²) in [5.74, 6) is 0.753. The van der Waals surface area contributed by atoms with Crippen LogP contribution in [0, 0.1) is 0 Å². The lowest BCUT2D eigenvalue weighted by Crippen LogP contribution is -2.23. The van der Waals surface area contributed by atoms with Crippen LogP contribution in [0.3, 0.4) is 0 Å². The Morgan fingerprint density at radius 1 is 0.906 bits per heavy atom. The maximum atomic E-state index is 12.8. The van der Waals surface area contributed by atoms with E-state index < -0.39 is 5.91 Å². The van der Waals surface area contributed by atoms with Crippen LogP contribution in [0.2, 0.25) is 0 Å². The van der Waals surface area contributed by atoms with Crippen LogP contribution in [0.15, 0.2) is 89.9 Å². The van der Waals surface area contributed by atoms with Crippen LogP contribution in [0.4, 0.5) is 0 Å². The number of aromatic nitrogens is 1. The van der Waals surface area contributed by atoms with Crippen LogP contribution in [0.5, 0.6) is 11.5 Å². The van der Waals surface area contributed by atoms with Crippen LogP contribution in [-0.2, 0) is 13.2 Å². The molecule has 4 rings (SSSR count). The number of ether oxygens (including phenoxy) is 2. The van der Waals surface area contributed by atoms with Gasteiger partial charge < -0.3 is 14.0 Å². The first-order valence-electron chi connectivity index (χ1n) is 10.1. The first kappa shape index (κ1) is 21.1. The molecular formula is C25H22N2O5. The standard InChI is InChI=1S/C25H22N2O5/c28-24(26-30)20-7-6-19-12-13-27(25(29)23(19)16-20)14-15-31-21-8-10-22(11-9-21)32-17-18-4-2-1-3-5-18/h1-13,16,30H,14-15,17H2,(H,26,28). The van der Waals surface area contributed by atoms with E-state index >= 15 is 0 Å². The minimum absolute atomic E-state index is 0.209. The van der Waals surface area contributed by atoms with Gasteiger partial charge in [-0.3, -0.25) is 14.8 Å². The highest BCUT2D eigenvalue weighted by atomic mass is 16.5. The molecule has 7 heteroatoms. The molecule has 0 aliphatic rings. The van der Waals surface area contributed by atoms with Crippen molar-refractivity contribution in [2.75, 3.05) is 6.61 Å². The van der Waals surface area contributed by atoms with Gasteiger partial charge in [0.1, 0.15) is 24.7 Å². The number of rotatable bonds is 8. The summed E-state index contributed by atoms with van der Waals surface area (Å²) in [6, 6.07) is 23.7. The molecule has 1 heterocycles. The van der Waals surface area contributed by atoms with Gasteiger partial charge in [-0.25, -0.2) is 5.48 Å². The molecule has 0 aliphatic carbocycles. The Morgan fingerprint density at radius 3 is 2.34 bits per heavy atom. The molecule has 2 N–H and O–H groups in total. The lowest BCUT2D eigenvalue weighted by atomic mass is 10.1. The van der Waals surface area contributed by atoms with Crippen molar-refractivity contribution in [3.63, 3.8) is 0 Å². The average molecular weight is 430 g/mol. The number of nitrogens with zero attached hydrogens (tertiary/aromatic N) is 1. The molecule has 0 atom stereocenters. The van der Waals surface area contributed by atoms with E-state index in [2.05, 4.69) is 0 Å². The maximum absolute atomic E-state index is 12.8. The third-order valence-electron chi connectivity index (χ3n) is 5.02. The number of carbonyl (C=O) groups is 1. The van der Waals surface area contributed by atoms with E-state index in [4.69, 9.17) is 14.7 Å². The molecule has 0 aliphatic heterocycles.